The summed E-state index contributed by atoms with van der Waals surface area (Å²) < 4.78 is 11.2. The Morgan fingerprint density at radius 2 is 1.65 bits per heavy atom. The lowest BCUT2D eigenvalue weighted by molar-refractivity contribution is 0.288. The van der Waals surface area contributed by atoms with Crippen LogP contribution in [0.1, 0.15) is 32.0 Å². The van der Waals surface area contributed by atoms with Gasteiger partial charge in [0.05, 0.1) is 18.7 Å². The molecule has 4 nitrogen and oxygen atoms in total. The molecular weight excluding hydrogens is 254 g/mol. The molecule has 0 amide bonds. The van der Waals surface area contributed by atoms with E-state index in [1.165, 1.54) is 0 Å². The van der Waals surface area contributed by atoms with Crippen molar-refractivity contribution in [1.29, 1.82) is 0 Å². The van der Waals surface area contributed by atoms with Gasteiger partial charge in [0.1, 0.15) is 0 Å². The molecular formula is C16H21NO3. The molecule has 108 valence electrons. The quantitative estimate of drug-likeness (QED) is 0.911. The van der Waals surface area contributed by atoms with Crippen molar-refractivity contribution in [2.24, 2.45) is 0 Å². The van der Waals surface area contributed by atoms with Crippen molar-refractivity contribution >= 4 is 10.9 Å². The molecule has 20 heavy (non-hydrogen) atoms. The summed E-state index contributed by atoms with van der Waals surface area (Å²) in [7, 11) is 0. The minimum Gasteiger partial charge on any atom is -0.490 e. The third-order valence-electron chi connectivity index (χ3n) is 3.36. The summed E-state index contributed by atoms with van der Waals surface area (Å²) in [6, 6.07) is 3.62. The minimum atomic E-state index is 0.0552. The predicted octanol–water partition coefficient (Wildman–Crippen LogP) is 3.20. The van der Waals surface area contributed by atoms with Crippen LogP contribution in [-0.4, -0.2) is 18.2 Å². The number of ether oxygens (including phenoxy) is 2. The summed E-state index contributed by atoms with van der Waals surface area (Å²) in [4.78, 5) is 15.7. The molecule has 1 heterocycles. The number of aromatic amines is 1. The van der Waals surface area contributed by atoms with Gasteiger partial charge >= 0.3 is 0 Å². The Labute approximate surface area is 118 Å². The molecule has 0 radical (unpaired) electrons. The first-order chi connectivity index (χ1) is 9.62. The highest BCUT2D eigenvalue weighted by Crippen LogP contribution is 2.31. The molecule has 0 spiro atoms. The van der Waals surface area contributed by atoms with Crippen LogP contribution in [0.5, 0.6) is 11.5 Å². The van der Waals surface area contributed by atoms with Gasteiger partial charge < -0.3 is 14.5 Å². The van der Waals surface area contributed by atoms with Gasteiger partial charge in [-0.2, -0.15) is 0 Å². The maximum Gasteiger partial charge on any atom is 0.192 e. The van der Waals surface area contributed by atoms with Crippen LogP contribution in [0.4, 0.5) is 0 Å². The number of H-pyrrole nitrogens is 1. The summed E-state index contributed by atoms with van der Waals surface area (Å²) in [5.74, 6) is 1.29. The van der Waals surface area contributed by atoms with Gasteiger partial charge in [-0.05, 0) is 33.3 Å². The number of rotatable bonds is 5. The Balaban J connectivity index is 2.73. The fraction of sp³-hybridized carbons (Fsp3) is 0.438. The largest absolute Gasteiger partial charge is 0.490 e. The fourth-order valence-corrected chi connectivity index (χ4v) is 2.34. The second-order valence-electron chi connectivity index (χ2n) is 4.62. The van der Waals surface area contributed by atoms with E-state index in [-0.39, 0.29) is 5.43 Å². The predicted molar refractivity (Wildman–Crippen MR) is 81.0 cm³/mol. The minimum absolute atomic E-state index is 0.0552. The van der Waals surface area contributed by atoms with E-state index in [0.717, 1.165) is 23.2 Å². The second-order valence-corrected chi connectivity index (χ2v) is 4.62. The molecule has 0 fully saturated rings. The monoisotopic (exact) mass is 275 g/mol. The third kappa shape index (κ3) is 2.50. The molecule has 1 N–H and O–H groups in total. The normalized spacial score (nSPS) is 10.8. The summed E-state index contributed by atoms with van der Waals surface area (Å²) >= 11 is 0. The molecule has 0 aliphatic rings. The molecule has 0 saturated carbocycles. The van der Waals surface area contributed by atoms with Gasteiger partial charge in [-0.3, -0.25) is 4.79 Å². The molecule has 1 aromatic heterocycles. The van der Waals surface area contributed by atoms with Gasteiger partial charge in [0.2, 0.25) is 0 Å². The fourth-order valence-electron chi connectivity index (χ4n) is 2.34. The number of benzene rings is 1. The number of hydrogen-bond acceptors (Lipinski definition) is 3. The van der Waals surface area contributed by atoms with E-state index in [1.807, 2.05) is 33.8 Å². The highest BCUT2D eigenvalue weighted by molar-refractivity contribution is 5.83. The molecule has 1 aromatic carbocycles. The Morgan fingerprint density at radius 3 is 2.20 bits per heavy atom. The lowest BCUT2D eigenvalue weighted by Gasteiger charge is -2.13. The van der Waals surface area contributed by atoms with Crippen LogP contribution in [0, 0.1) is 6.92 Å². The van der Waals surface area contributed by atoms with Crippen molar-refractivity contribution < 1.29 is 9.47 Å². The van der Waals surface area contributed by atoms with Crippen LogP contribution in [0.25, 0.3) is 10.9 Å². The van der Waals surface area contributed by atoms with Crippen molar-refractivity contribution in [3.8, 4) is 11.5 Å². The van der Waals surface area contributed by atoms with Crippen LogP contribution in [0.2, 0.25) is 0 Å². The van der Waals surface area contributed by atoms with E-state index in [4.69, 9.17) is 9.47 Å². The number of fused-ring (bicyclic) bond motifs is 1. The first-order valence-electron chi connectivity index (χ1n) is 7.07. The summed E-state index contributed by atoms with van der Waals surface area (Å²) in [6.45, 7) is 8.82. The summed E-state index contributed by atoms with van der Waals surface area (Å²) in [5.41, 5.74) is 2.59. The lowest BCUT2D eigenvalue weighted by Crippen LogP contribution is -2.12. The molecule has 0 atom stereocenters. The van der Waals surface area contributed by atoms with Crippen LogP contribution in [0.15, 0.2) is 16.9 Å². The average Bonchev–Trinajstić information content (AvgIpc) is 2.44. The van der Waals surface area contributed by atoms with Crippen LogP contribution >= 0.6 is 0 Å². The van der Waals surface area contributed by atoms with Gasteiger partial charge in [-0.1, -0.05) is 6.92 Å². The Morgan fingerprint density at radius 1 is 1.05 bits per heavy atom. The zero-order valence-corrected chi connectivity index (χ0v) is 12.5. The third-order valence-corrected chi connectivity index (χ3v) is 3.36. The van der Waals surface area contributed by atoms with Crippen molar-refractivity contribution in [2.45, 2.75) is 34.1 Å². The molecule has 4 heteroatoms. The van der Waals surface area contributed by atoms with Crippen molar-refractivity contribution in [3.05, 3.63) is 33.6 Å². The van der Waals surface area contributed by atoms with E-state index in [9.17, 15) is 4.79 Å². The highest BCUT2D eigenvalue weighted by atomic mass is 16.5. The average molecular weight is 275 g/mol. The number of aromatic nitrogens is 1. The molecule has 0 bridgehead atoms. The van der Waals surface area contributed by atoms with Crippen LogP contribution in [-0.2, 0) is 6.42 Å². The Kier molecular flexibility index (Phi) is 4.32. The zero-order valence-electron chi connectivity index (χ0n) is 12.5. The van der Waals surface area contributed by atoms with Gasteiger partial charge in [0.15, 0.2) is 16.9 Å². The first-order valence-corrected chi connectivity index (χ1v) is 7.07. The molecule has 0 aliphatic heterocycles. The van der Waals surface area contributed by atoms with Crippen LogP contribution < -0.4 is 14.9 Å². The zero-order chi connectivity index (χ0) is 14.7. The van der Waals surface area contributed by atoms with Crippen molar-refractivity contribution in [2.75, 3.05) is 13.2 Å². The van der Waals surface area contributed by atoms with E-state index >= 15 is 0 Å². The van der Waals surface area contributed by atoms with Crippen molar-refractivity contribution in [3.63, 3.8) is 0 Å². The Hall–Kier alpha value is -1.97. The molecule has 2 rings (SSSR count). The van der Waals surface area contributed by atoms with Gasteiger partial charge in [0.25, 0.3) is 0 Å². The number of nitrogens with one attached hydrogen (secondary N) is 1. The molecule has 2 aromatic rings. The highest BCUT2D eigenvalue weighted by Gasteiger charge is 2.12. The number of aryl methyl sites for hydroxylation is 1. The molecule has 0 unspecified atom stereocenters. The van der Waals surface area contributed by atoms with E-state index in [0.29, 0.717) is 30.1 Å². The van der Waals surface area contributed by atoms with E-state index < -0.39 is 0 Å². The summed E-state index contributed by atoms with van der Waals surface area (Å²) in [6.07, 6.45) is 0.800. The first kappa shape index (κ1) is 14.4. The van der Waals surface area contributed by atoms with Gasteiger partial charge in [0, 0.05) is 22.7 Å². The number of pyridine rings is 1. The Bertz CT molecular complexity index is 673. The standard InChI is InChI=1S/C16H21NO3/c1-5-12-10(4)16(18)11-8-14(19-6-2)15(20-7-3)9-13(11)17-12/h8-9H,5-7H2,1-4H3,(H,17,18). The molecule has 0 aliphatic carbocycles. The number of hydrogen-bond donors (Lipinski definition) is 1. The van der Waals surface area contributed by atoms with E-state index in [2.05, 4.69) is 4.98 Å². The topological polar surface area (TPSA) is 51.3 Å². The van der Waals surface area contributed by atoms with E-state index in [1.54, 1.807) is 6.07 Å². The maximum atomic E-state index is 12.4. The van der Waals surface area contributed by atoms with Crippen LogP contribution in [0.3, 0.4) is 0 Å². The summed E-state index contributed by atoms with van der Waals surface area (Å²) in [5, 5.41) is 0.645. The second kappa shape index (κ2) is 5.99. The smallest absolute Gasteiger partial charge is 0.192 e. The maximum absolute atomic E-state index is 12.4. The molecule has 0 saturated heterocycles. The SMILES string of the molecule is CCOc1cc2[nH]c(CC)c(C)c(=O)c2cc1OCC. The lowest BCUT2D eigenvalue weighted by atomic mass is 10.1. The van der Waals surface area contributed by atoms with Crippen molar-refractivity contribution in [1.82, 2.24) is 4.98 Å². The van der Waals surface area contributed by atoms with Gasteiger partial charge in [-0.25, -0.2) is 0 Å². The van der Waals surface area contributed by atoms with Gasteiger partial charge in [-0.15, -0.1) is 0 Å².